The molecular formula is C5B5Mg5N5O10. The molecule has 0 unspecified atom stereocenters. The summed E-state index contributed by atoms with van der Waals surface area (Å²) >= 11 is 0. The Balaban J connectivity index is -0.0000000200. The summed E-state index contributed by atoms with van der Waals surface area (Å²) in [7, 11) is -11.6. The molecule has 0 saturated carbocycles. The summed E-state index contributed by atoms with van der Waals surface area (Å²) in [5.74, 6) is 4.58. The Morgan fingerprint density at radius 2 is 0.333 bits per heavy atom. The van der Waals surface area contributed by atoms with Crippen LogP contribution in [-0.4, -0.2) is 151 Å². The van der Waals surface area contributed by atoms with Gasteiger partial charge in [0.25, 0.3) is 0 Å². The van der Waals surface area contributed by atoms with Gasteiger partial charge in [-0.3, -0.25) is 0 Å². The van der Waals surface area contributed by atoms with E-state index in [1.54, 1.807) is 0 Å². The summed E-state index contributed by atoms with van der Waals surface area (Å²) in [5, 5.41) is 126. The van der Waals surface area contributed by atoms with Crippen LogP contribution in [0.25, 0.3) is 0 Å². The van der Waals surface area contributed by atoms with Crippen molar-refractivity contribution in [3.05, 3.63) is 0 Å². The van der Waals surface area contributed by atoms with E-state index in [0.29, 0.717) is 0 Å². The number of rotatable bonds is 0. The topological polar surface area (TPSA) is 350 Å². The third-order valence-corrected chi connectivity index (χ3v) is 0.527. The van der Waals surface area contributed by atoms with Crippen molar-refractivity contribution < 1.29 is 50.2 Å². The van der Waals surface area contributed by atoms with E-state index in [0.717, 1.165) is 29.8 Å². The minimum absolute atomic E-state index is 0. The zero-order valence-electron chi connectivity index (χ0n) is 15.2. The molecule has 0 spiro atoms. The van der Waals surface area contributed by atoms with Gasteiger partial charge in [0.1, 0.15) is 0 Å². The summed E-state index contributed by atoms with van der Waals surface area (Å²) in [6.07, 6.45) is 0. The van der Waals surface area contributed by atoms with Crippen molar-refractivity contribution in [1.82, 2.24) is 0 Å². The van der Waals surface area contributed by atoms with Gasteiger partial charge in [-0.2, -0.15) is 0 Å². The molecule has 0 bridgehead atoms. The van der Waals surface area contributed by atoms with E-state index < -0.39 is 35.6 Å². The van der Waals surface area contributed by atoms with Crippen LogP contribution in [-0.2, 0) is 0 Å². The second-order valence-electron chi connectivity index (χ2n) is 2.31. The third kappa shape index (κ3) is 185. The second kappa shape index (κ2) is 57.3. The Kier molecular flexibility index (Phi) is 121. The van der Waals surface area contributed by atoms with Crippen LogP contribution in [0.15, 0.2) is 0 Å². The van der Waals surface area contributed by atoms with E-state index in [-0.39, 0.29) is 115 Å². The smallest absolute Gasteiger partial charge is 0.881 e. The van der Waals surface area contributed by atoms with Crippen molar-refractivity contribution in [3.63, 3.8) is 0 Å². The van der Waals surface area contributed by atoms with Crippen molar-refractivity contribution in [1.29, 1.82) is 26.3 Å². The van der Waals surface area contributed by atoms with Gasteiger partial charge in [0.2, 0.25) is 0 Å². The number of hydrogen-bond donors (Lipinski definition) is 0. The molecule has 0 radical (unpaired) electrons. The molecule has 25 heteroatoms. The minimum Gasteiger partial charge on any atom is -0.881 e. The van der Waals surface area contributed by atoms with Gasteiger partial charge < -0.3 is 50.2 Å². The maximum atomic E-state index is 8.98. The van der Waals surface area contributed by atoms with Crippen molar-refractivity contribution in [2.24, 2.45) is 0 Å². The van der Waals surface area contributed by atoms with Gasteiger partial charge in [-0.1, -0.05) is 0 Å². The molecule has 0 heterocycles. The Morgan fingerprint density at radius 1 is 0.300 bits per heavy atom. The SMILES string of the molecule is N#CB([O-])[O-].N#CB([O-])[O-].N#CB([O-])[O-].N#CB([O-])[O-].N#CB([O-])[O-].[Mg+2].[Mg+2].[Mg+2].[Mg+2].[Mg+2]. The maximum Gasteiger partial charge on any atom is 2.00 e. The zero-order valence-corrected chi connectivity index (χ0v) is 22.3. The maximum absolute atomic E-state index is 8.98. The first-order valence-corrected chi connectivity index (χ1v) is 4.92. The predicted molar refractivity (Wildman–Crippen MR) is 85.6 cm³/mol. The van der Waals surface area contributed by atoms with Crippen LogP contribution < -0.4 is 50.2 Å². The van der Waals surface area contributed by atoms with E-state index in [9.17, 15) is 0 Å². The van der Waals surface area contributed by atoms with E-state index in [1.165, 1.54) is 0 Å². The minimum atomic E-state index is -2.31. The predicted octanol–water partition coefficient (Wildman–Crippen LogP) is -15.6. The summed E-state index contributed by atoms with van der Waals surface area (Å²) in [6.45, 7) is 0. The molecule has 0 aliphatic heterocycles. The molecule has 15 nitrogen and oxygen atoms in total. The fourth-order valence-corrected chi connectivity index (χ4v) is 0. The number of nitrogens with zero attached hydrogens (tertiary/aromatic N) is 5. The van der Waals surface area contributed by atoms with E-state index in [1.807, 2.05) is 0 Å². The van der Waals surface area contributed by atoms with Crippen LogP contribution in [0.5, 0.6) is 0 Å². The molecule has 0 aliphatic carbocycles. The number of hydrogen-bond acceptors (Lipinski definition) is 15. The van der Waals surface area contributed by atoms with Gasteiger partial charge in [0, 0.05) is 35.6 Å². The summed E-state index contributed by atoms with van der Waals surface area (Å²) < 4.78 is 0. The molecule has 130 valence electrons. The van der Waals surface area contributed by atoms with E-state index in [2.05, 4.69) is 0 Å². The van der Waals surface area contributed by atoms with Gasteiger partial charge in [0.05, 0.1) is 0 Å². The quantitative estimate of drug-likeness (QED) is 0.299. The average Bonchev–Trinajstić information content (AvgIpc) is 2.56. The Bertz CT molecular complexity index is 400. The molecule has 0 aliphatic rings. The number of nitriles is 5. The van der Waals surface area contributed by atoms with Crippen LogP contribution in [0.4, 0.5) is 0 Å². The van der Waals surface area contributed by atoms with Gasteiger partial charge in [-0.15, -0.1) is 0 Å². The van der Waals surface area contributed by atoms with Crippen LogP contribution in [0, 0.1) is 56.2 Å². The molecule has 0 aromatic heterocycles. The molecule has 0 N–H and O–H groups in total. The van der Waals surface area contributed by atoms with Gasteiger partial charge in [-0.25, -0.2) is 26.3 Å². The molecule has 0 fully saturated rings. The molecule has 0 aromatic rings. The van der Waals surface area contributed by atoms with E-state index >= 15 is 0 Å². The standard InChI is InChI=1S/5CBNO2.5Mg/c5*3-1-2(4)5;;;;;/q5*-2;5*+2. The summed E-state index contributed by atoms with van der Waals surface area (Å²) in [6, 6.07) is 0. The van der Waals surface area contributed by atoms with Gasteiger partial charge in [0.15, 0.2) is 0 Å². The second-order valence-corrected chi connectivity index (χ2v) is 2.31. The van der Waals surface area contributed by atoms with Gasteiger partial charge in [-0.05, 0) is 29.8 Å². The molecule has 0 aromatic carbocycles. The van der Waals surface area contributed by atoms with Crippen molar-refractivity contribution in [3.8, 4) is 29.8 Å². The van der Waals surface area contributed by atoms with Crippen LogP contribution in [0.1, 0.15) is 0 Å². The Labute approximate surface area is 254 Å². The Morgan fingerprint density at radius 3 is 0.333 bits per heavy atom. The molecule has 0 rings (SSSR count). The molecule has 30 heavy (non-hydrogen) atoms. The molecule has 0 atom stereocenters. The molecule has 0 amide bonds. The first-order chi connectivity index (χ1) is 11.4. The van der Waals surface area contributed by atoms with Crippen molar-refractivity contribution in [2.75, 3.05) is 0 Å². The Hall–Kier alpha value is 1.21. The van der Waals surface area contributed by atoms with Crippen molar-refractivity contribution >= 4 is 151 Å². The normalized spacial score (nSPS) is 4.83. The van der Waals surface area contributed by atoms with Gasteiger partial charge >= 0.3 is 115 Å². The largest absolute Gasteiger partial charge is 2.00 e. The molecular weight excluding hydrogens is 466 g/mol. The summed E-state index contributed by atoms with van der Waals surface area (Å²) in [4.78, 5) is 0. The molecule has 0 saturated heterocycles. The first-order valence-electron chi connectivity index (χ1n) is 4.92. The van der Waals surface area contributed by atoms with Crippen molar-refractivity contribution in [2.45, 2.75) is 0 Å². The fraction of sp³-hybridized carbons (Fsp3) is 0. The summed E-state index contributed by atoms with van der Waals surface area (Å²) in [5.41, 5.74) is 0. The zero-order chi connectivity index (χ0) is 21.4. The fourth-order valence-electron chi connectivity index (χ4n) is 0. The monoisotopic (exact) mass is 465 g/mol. The van der Waals surface area contributed by atoms with Crippen LogP contribution in [0.2, 0.25) is 0 Å². The average molecular weight is 466 g/mol. The van der Waals surface area contributed by atoms with E-state index in [4.69, 9.17) is 76.5 Å². The third-order valence-electron chi connectivity index (χ3n) is 0.527. The van der Waals surface area contributed by atoms with Crippen LogP contribution >= 0.6 is 0 Å². The first kappa shape index (κ1) is 63.3. The van der Waals surface area contributed by atoms with Crippen LogP contribution in [0.3, 0.4) is 0 Å².